The molecule has 0 aromatic rings. The molecule has 2 aliphatic rings. The Morgan fingerprint density at radius 2 is 1.94 bits per heavy atom. The number of likely N-dealkylation sites (tertiary alicyclic amines) is 2. The number of nitrogens with one attached hydrogen (secondary N) is 1. The summed E-state index contributed by atoms with van der Waals surface area (Å²) < 4.78 is 0. The molecule has 0 radical (unpaired) electrons. The van der Waals surface area contributed by atoms with Gasteiger partial charge in [0.25, 0.3) is 0 Å². The third-order valence-electron chi connectivity index (χ3n) is 3.96. The molecule has 2 rings (SSSR count). The standard InChI is InChI=1S/C12H23N3O/c1-13-11-5-8-15(12(11)16)9-10-3-6-14(2)7-4-10/h10-11,13H,3-9H2,1-2H3. The van der Waals surface area contributed by atoms with E-state index < -0.39 is 0 Å². The third-order valence-corrected chi connectivity index (χ3v) is 3.96. The molecular formula is C12H23N3O. The lowest BCUT2D eigenvalue weighted by molar-refractivity contribution is -0.130. The Hall–Kier alpha value is -0.610. The predicted octanol–water partition coefficient (Wildman–Crippen LogP) is 0.149. The molecule has 0 bridgehead atoms. The van der Waals surface area contributed by atoms with Crippen molar-refractivity contribution in [1.82, 2.24) is 15.1 Å². The highest BCUT2D eigenvalue weighted by atomic mass is 16.2. The Balaban J connectivity index is 1.80. The second-order valence-electron chi connectivity index (χ2n) is 5.16. The third kappa shape index (κ3) is 2.55. The molecular weight excluding hydrogens is 202 g/mol. The van der Waals surface area contributed by atoms with Crippen molar-refractivity contribution in [3.63, 3.8) is 0 Å². The van der Waals surface area contributed by atoms with Crippen molar-refractivity contribution in [2.45, 2.75) is 25.3 Å². The summed E-state index contributed by atoms with van der Waals surface area (Å²) in [5.41, 5.74) is 0. The van der Waals surface area contributed by atoms with Gasteiger partial charge >= 0.3 is 0 Å². The van der Waals surface area contributed by atoms with Crippen LogP contribution in [-0.4, -0.2) is 62.0 Å². The average Bonchev–Trinajstić information content (AvgIpc) is 2.63. The van der Waals surface area contributed by atoms with Crippen LogP contribution in [0.25, 0.3) is 0 Å². The van der Waals surface area contributed by atoms with Crippen LogP contribution in [0.2, 0.25) is 0 Å². The van der Waals surface area contributed by atoms with Gasteiger partial charge in [0.1, 0.15) is 0 Å². The van der Waals surface area contributed by atoms with Gasteiger partial charge in [-0.15, -0.1) is 0 Å². The van der Waals surface area contributed by atoms with Crippen LogP contribution < -0.4 is 5.32 Å². The Bertz CT molecular complexity index is 249. The van der Waals surface area contributed by atoms with Crippen molar-refractivity contribution < 1.29 is 4.79 Å². The first-order chi connectivity index (χ1) is 7.70. The molecule has 2 heterocycles. The topological polar surface area (TPSA) is 35.6 Å². The zero-order chi connectivity index (χ0) is 11.5. The van der Waals surface area contributed by atoms with E-state index in [1.165, 1.54) is 25.9 Å². The fourth-order valence-corrected chi connectivity index (χ4v) is 2.74. The van der Waals surface area contributed by atoms with Crippen LogP contribution in [0.15, 0.2) is 0 Å². The van der Waals surface area contributed by atoms with Gasteiger partial charge in [-0.1, -0.05) is 0 Å². The van der Waals surface area contributed by atoms with E-state index in [-0.39, 0.29) is 6.04 Å². The lowest BCUT2D eigenvalue weighted by Crippen LogP contribution is -2.41. The smallest absolute Gasteiger partial charge is 0.239 e. The largest absolute Gasteiger partial charge is 0.341 e. The van der Waals surface area contributed by atoms with Crippen molar-refractivity contribution in [3.8, 4) is 0 Å². The van der Waals surface area contributed by atoms with E-state index in [1.54, 1.807) is 0 Å². The molecule has 4 heteroatoms. The molecule has 2 saturated heterocycles. The van der Waals surface area contributed by atoms with E-state index in [2.05, 4.69) is 22.2 Å². The number of carbonyl (C=O) groups excluding carboxylic acids is 1. The number of amides is 1. The molecule has 1 N–H and O–H groups in total. The SMILES string of the molecule is CNC1CCN(CC2CCN(C)CC2)C1=O. The fraction of sp³-hybridized carbons (Fsp3) is 0.917. The quantitative estimate of drug-likeness (QED) is 0.742. The molecule has 1 amide bonds. The van der Waals surface area contributed by atoms with E-state index in [0.29, 0.717) is 5.91 Å². The lowest BCUT2D eigenvalue weighted by Gasteiger charge is -2.31. The van der Waals surface area contributed by atoms with E-state index in [4.69, 9.17) is 0 Å². The second-order valence-corrected chi connectivity index (χ2v) is 5.16. The number of likely N-dealkylation sites (N-methyl/N-ethyl adjacent to an activating group) is 1. The fourth-order valence-electron chi connectivity index (χ4n) is 2.74. The van der Waals surface area contributed by atoms with Gasteiger partial charge in [-0.05, 0) is 52.4 Å². The molecule has 2 fully saturated rings. The summed E-state index contributed by atoms with van der Waals surface area (Å²) in [4.78, 5) is 16.4. The van der Waals surface area contributed by atoms with Crippen LogP contribution in [0.3, 0.4) is 0 Å². The average molecular weight is 225 g/mol. The molecule has 0 aromatic carbocycles. The maximum atomic E-state index is 11.9. The number of rotatable bonds is 3. The van der Waals surface area contributed by atoms with Gasteiger partial charge in [0, 0.05) is 13.1 Å². The summed E-state index contributed by atoms with van der Waals surface area (Å²) in [6.07, 6.45) is 3.46. The zero-order valence-corrected chi connectivity index (χ0v) is 10.4. The van der Waals surface area contributed by atoms with Gasteiger partial charge in [-0.3, -0.25) is 4.79 Å². The molecule has 16 heavy (non-hydrogen) atoms. The van der Waals surface area contributed by atoms with Gasteiger partial charge in [0.2, 0.25) is 5.91 Å². The summed E-state index contributed by atoms with van der Waals surface area (Å²) in [7, 11) is 4.05. The Labute approximate surface area is 98.0 Å². The van der Waals surface area contributed by atoms with Gasteiger partial charge in [-0.25, -0.2) is 0 Å². The van der Waals surface area contributed by atoms with Crippen molar-refractivity contribution in [3.05, 3.63) is 0 Å². The molecule has 0 aromatic heterocycles. The summed E-state index contributed by atoms with van der Waals surface area (Å²) in [6.45, 7) is 4.28. The first-order valence-corrected chi connectivity index (χ1v) is 6.35. The zero-order valence-electron chi connectivity index (χ0n) is 10.4. The molecule has 2 aliphatic heterocycles. The van der Waals surface area contributed by atoms with Crippen LogP contribution >= 0.6 is 0 Å². The van der Waals surface area contributed by atoms with E-state index in [0.717, 1.165) is 25.4 Å². The van der Waals surface area contributed by atoms with E-state index in [1.807, 2.05) is 7.05 Å². The number of hydrogen-bond donors (Lipinski definition) is 1. The first-order valence-electron chi connectivity index (χ1n) is 6.35. The molecule has 0 spiro atoms. The van der Waals surface area contributed by atoms with Crippen LogP contribution in [0.1, 0.15) is 19.3 Å². The minimum absolute atomic E-state index is 0.0752. The predicted molar refractivity (Wildman–Crippen MR) is 64.3 cm³/mol. The van der Waals surface area contributed by atoms with Crippen molar-refractivity contribution in [2.24, 2.45) is 5.92 Å². The van der Waals surface area contributed by atoms with Gasteiger partial charge in [0.15, 0.2) is 0 Å². The van der Waals surface area contributed by atoms with Crippen molar-refractivity contribution in [1.29, 1.82) is 0 Å². The van der Waals surface area contributed by atoms with E-state index >= 15 is 0 Å². The highest BCUT2D eigenvalue weighted by Crippen LogP contribution is 2.20. The molecule has 4 nitrogen and oxygen atoms in total. The highest BCUT2D eigenvalue weighted by Gasteiger charge is 2.32. The van der Waals surface area contributed by atoms with Crippen molar-refractivity contribution in [2.75, 3.05) is 40.3 Å². The van der Waals surface area contributed by atoms with Crippen molar-refractivity contribution >= 4 is 5.91 Å². The Kier molecular flexibility index (Phi) is 3.82. The maximum absolute atomic E-state index is 11.9. The lowest BCUT2D eigenvalue weighted by atomic mass is 9.97. The van der Waals surface area contributed by atoms with Gasteiger partial charge < -0.3 is 15.1 Å². The molecule has 1 atom stereocenters. The molecule has 1 unspecified atom stereocenters. The summed E-state index contributed by atoms with van der Waals surface area (Å²) in [6, 6.07) is 0.0752. The minimum Gasteiger partial charge on any atom is -0.341 e. The van der Waals surface area contributed by atoms with Crippen LogP contribution in [0.4, 0.5) is 0 Å². The molecule has 0 saturated carbocycles. The Morgan fingerprint density at radius 3 is 2.50 bits per heavy atom. The normalized spacial score (nSPS) is 29.0. The Morgan fingerprint density at radius 1 is 1.25 bits per heavy atom. The van der Waals surface area contributed by atoms with Gasteiger partial charge in [-0.2, -0.15) is 0 Å². The summed E-state index contributed by atoms with van der Waals surface area (Å²) in [5.74, 6) is 1.03. The summed E-state index contributed by atoms with van der Waals surface area (Å²) in [5, 5.41) is 3.09. The van der Waals surface area contributed by atoms with E-state index in [9.17, 15) is 4.79 Å². The van der Waals surface area contributed by atoms with Crippen LogP contribution in [-0.2, 0) is 4.79 Å². The summed E-state index contributed by atoms with van der Waals surface area (Å²) >= 11 is 0. The number of carbonyl (C=O) groups is 1. The number of piperidine rings is 1. The molecule has 0 aliphatic carbocycles. The van der Waals surface area contributed by atoms with Crippen LogP contribution in [0, 0.1) is 5.92 Å². The molecule has 92 valence electrons. The van der Waals surface area contributed by atoms with Crippen LogP contribution in [0.5, 0.6) is 0 Å². The van der Waals surface area contributed by atoms with Gasteiger partial charge in [0.05, 0.1) is 6.04 Å². The second kappa shape index (κ2) is 5.15. The highest BCUT2D eigenvalue weighted by molar-refractivity contribution is 5.83. The maximum Gasteiger partial charge on any atom is 0.239 e. The monoisotopic (exact) mass is 225 g/mol. The number of hydrogen-bond acceptors (Lipinski definition) is 3. The minimum atomic E-state index is 0.0752. The number of nitrogens with zero attached hydrogens (tertiary/aromatic N) is 2. The first kappa shape index (κ1) is 11.9.